The molecule has 17 heavy (non-hydrogen) atoms. The Morgan fingerprint density at radius 2 is 1.12 bits per heavy atom. The first-order valence-corrected chi connectivity index (χ1v) is 9.14. The summed E-state index contributed by atoms with van der Waals surface area (Å²) in [6.45, 7) is 7.80. The highest BCUT2D eigenvalue weighted by Crippen LogP contribution is 2.10. The van der Waals surface area contributed by atoms with E-state index in [1.54, 1.807) is 0 Å². The van der Waals surface area contributed by atoms with Crippen LogP contribution in [0, 0.1) is 0 Å². The Bertz CT molecular complexity index is 129. The Hall–Kier alpha value is 0.310. The van der Waals surface area contributed by atoms with Crippen molar-refractivity contribution in [3.63, 3.8) is 0 Å². The van der Waals surface area contributed by atoms with Gasteiger partial charge in [-0.1, -0.05) is 46.5 Å². The zero-order valence-electron chi connectivity index (χ0n) is 12.3. The summed E-state index contributed by atoms with van der Waals surface area (Å²) in [4.78, 5) is 0. The van der Waals surface area contributed by atoms with E-state index in [1.807, 2.05) is 0 Å². The quantitative estimate of drug-likeness (QED) is 0.331. The molecule has 0 aromatic rings. The van der Waals surface area contributed by atoms with Crippen LogP contribution in [-0.2, 0) is 15.4 Å². The average Bonchev–Trinajstić information content (AvgIpc) is 2.34. The molecule has 0 amide bonds. The van der Waals surface area contributed by atoms with Crippen LogP contribution in [0.5, 0.6) is 0 Å². The molecule has 0 rings (SSSR count). The van der Waals surface area contributed by atoms with Crippen LogP contribution in [0.3, 0.4) is 0 Å². The number of hydrogen-bond acceptors (Lipinski definition) is 1. The molecule has 0 radical (unpaired) electrons. The van der Waals surface area contributed by atoms with E-state index >= 15 is 0 Å². The van der Waals surface area contributed by atoms with Gasteiger partial charge in [0.25, 0.3) is 0 Å². The summed E-state index contributed by atoms with van der Waals surface area (Å²) in [5.74, 6) is 2.62. The molecule has 0 saturated carbocycles. The van der Waals surface area contributed by atoms with E-state index in [9.17, 15) is 0 Å². The fourth-order valence-electron chi connectivity index (χ4n) is 1.77. The second-order valence-electron chi connectivity index (χ2n) is 4.79. The third-order valence-electron chi connectivity index (χ3n) is 2.95. The smallest absolute Gasteiger partial charge is 0.147 e. The molecule has 0 saturated heterocycles. The van der Waals surface area contributed by atoms with E-state index in [2.05, 4.69) is 20.8 Å². The van der Waals surface area contributed by atoms with Crippen molar-refractivity contribution >= 4 is 11.2 Å². The molecule has 0 bridgehead atoms. The Morgan fingerprint density at radius 3 is 1.59 bits per heavy atom. The first-order valence-electron chi connectivity index (χ1n) is 7.65. The lowest BCUT2D eigenvalue weighted by molar-refractivity contribution is 0.345. The minimum atomic E-state index is 0.269. The molecule has 0 aliphatic heterocycles. The third kappa shape index (κ3) is 12.6. The Morgan fingerprint density at radius 1 is 0.647 bits per heavy atom. The minimum Gasteiger partial charge on any atom is -0.174 e. The van der Waals surface area contributed by atoms with Gasteiger partial charge in [-0.3, -0.25) is 0 Å². The van der Waals surface area contributed by atoms with Gasteiger partial charge < -0.3 is 0 Å². The van der Waals surface area contributed by atoms with Gasteiger partial charge in [0.05, 0.1) is 0 Å². The highest BCUT2D eigenvalue weighted by molar-refractivity contribution is 7.92. The summed E-state index contributed by atoms with van der Waals surface area (Å²) in [6.07, 6.45) is 12.0. The topological polar surface area (TPSA) is 9.23 Å². The zero-order chi connectivity index (χ0) is 12.8. The molecule has 0 aliphatic carbocycles. The Kier molecular flexibility index (Phi) is 14.6. The monoisotopic (exact) mass is 261 g/mol. The number of hydrogen-bond donors (Lipinski definition) is 0. The van der Waals surface area contributed by atoms with Crippen molar-refractivity contribution in [1.82, 2.24) is 0 Å². The SMILES string of the molecule is CCCCCO[S+](CCCCC)CCCCC. The normalized spacial score (nSPS) is 11.3. The standard InChI is InChI=1S/C15H33OS/c1-4-7-10-13-16-17(14-11-8-5-2)15-12-9-6-3/h4-15H2,1-3H3/q+1. The van der Waals surface area contributed by atoms with Gasteiger partial charge in [-0.2, -0.15) is 4.18 Å². The number of unbranched alkanes of at least 4 members (excludes halogenated alkanes) is 6. The van der Waals surface area contributed by atoms with Crippen molar-refractivity contribution < 1.29 is 4.18 Å². The summed E-state index contributed by atoms with van der Waals surface area (Å²) in [5.41, 5.74) is 0. The molecule has 104 valence electrons. The summed E-state index contributed by atoms with van der Waals surface area (Å²) in [6, 6.07) is 0. The molecule has 0 atom stereocenters. The highest BCUT2D eigenvalue weighted by Gasteiger charge is 2.18. The molecule has 2 heteroatoms. The van der Waals surface area contributed by atoms with E-state index in [0.29, 0.717) is 0 Å². The molecule has 1 nitrogen and oxygen atoms in total. The van der Waals surface area contributed by atoms with Gasteiger partial charge in [-0.25, -0.2) is 0 Å². The van der Waals surface area contributed by atoms with Gasteiger partial charge in [0.2, 0.25) is 0 Å². The van der Waals surface area contributed by atoms with Crippen LogP contribution in [0.1, 0.15) is 78.6 Å². The van der Waals surface area contributed by atoms with E-state index in [1.165, 1.54) is 69.3 Å². The molecule has 0 fully saturated rings. The first-order chi connectivity index (χ1) is 8.35. The van der Waals surface area contributed by atoms with Crippen molar-refractivity contribution in [3.8, 4) is 0 Å². The zero-order valence-corrected chi connectivity index (χ0v) is 13.1. The summed E-state index contributed by atoms with van der Waals surface area (Å²) in [7, 11) is 0. The molecular formula is C15H33OS+. The van der Waals surface area contributed by atoms with Gasteiger partial charge in [-0.05, 0) is 32.1 Å². The first kappa shape index (κ1) is 17.3. The van der Waals surface area contributed by atoms with Crippen molar-refractivity contribution in [2.75, 3.05) is 18.1 Å². The van der Waals surface area contributed by atoms with E-state index < -0.39 is 0 Å². The van der Waals surface area contributed by atoms with E-state index in [0.717, 1.165) is 6.61 Å². The lowest BCUT2D eigenvalue weighted by atomic mass is 10.3. The van der Waals surface area contributed by atoms with Gasteiger partial charge in [0, 0.05) is 0 Å². The summed E-state index contributed by atoms with van der Waals surface area (Å²) in [5, 5.41) is 0. The predicted molar refractivity (Wildman–Crippen MR) is 81.6 cm³/mol. The lowest BCUT2D eigenvalue weighted by Crippen LogP contribution is -2.17. The number of rotatable bonds is 13. The molecule has 0 heterocycles. The predicted octanol–water partition coefficient (Wildman–Crippen LogP) is 5.11. The molecular weight excluding hydrogens is 228 g/mol. The van der Waals surface area contributed by atoms with Crippen molar-refractivity contribution in [3.05, 3.63) is 0 Å². The van der Waals surface area contributed by atoms with Crippen molar-refractivity contribution in [1.29, 1.82) is 0 Å². The molecule has 0 unspecified atom stereocenters. The third-order valence-corrected chi connectivity index (χ3v) is 4.94. The van der Waals surface area contributed by atoms with Crippen LogP contribution < -0.4 is 0 Å². The fourth-order valence-corrected chi connectivity index (χ4v) is 3.62. The Balaban J connectivity index is 3.60. The van der Waals surface area contributed by atoms with Gasteiger partial charge in [0.15, 0.2) is 0 Å². The Labute approximate surface area is 112 Å². The average molecular weight is 261 g/mol. The largest absolute Gasteiger partial charge is 0.174 e. The summed E-state index contributed by atoms with van der Waals surface area (Å²) < 4.78 is 6.07. The maximum absolute atomic E-state index is 6.07. The van der Waals surface area contributed by atoms with Gasteiger partial charge in [-0.15, -0.1) is 0 Å². The molecule has 0 aromatic heterocycles. The van der Waals surface area contributed by atoms with Crippen molar-refractivity contribution in [2.45, 2.75) is 78.6 Å². The fraction of sp³-hybridized carbons (Fsp3) is 1.00. The molecule has 0 aliphatic rings. The van der Waals surface area contributed by atoms with Gasteiger partial charge in [0.1, 0.15) is 29.3 Å². The van der Waals surface area contributed by atoms with Crippen LogP contribution in [-0.4, -0.2) is 18.1 Å². The van der Waals surface area contributed by atoms with Crippen LogP contribution in [0.2, 0.25) is 0 Å². The lowest BCUT2D eigenvalue weighted by Gasteiger charge is -2.07. The second kappa shape index (κ2) is 14.4. The van der Waals surface area contributed by atoms with Crippen LogP contribution >= 0.6 is 0 Å². The van der Waals surface area contributed by atoms with Crippen LogP contribution in [0.15, 0.2) is 0 Å². The van der Waals surface area contributed by atoms with E-state index in [4.69, 9.17) is 4.18 Å². The maximum Gasteiger partial charge on any atom is 0.147 e. The van der Waals surface area contributed by atoms with Crippen LogP contribution in [0.25, 0.3) is 0 Å². The van der Waals surface area contributed by atoms with E-state index in [-0.39, 0.29) is 11.2 Å². The second-order valence-corrected chi connectivity index (χ2v) is 6.72. The molecule has 0 N–H and O–H groups in total. The minimum absolute atomic E-state index is 0.269. The van der Waals surface area contributed by atoms with Crippen LogP contribution in [0.4, 0.5) is 0 Å². The molecule has 0 aromatic carbocycles. The maximum atomic E-state index is 6.07. The molecule has 0 spiro atoms. The summed E-state index contributed by atoms with van der Waals surface area (Å²) >= 11 is 0.269. The van der Waals surface area contributed by atoms with Gasteiger partial charge >= 0.3 is 0 Å². The van der Waals surface area contributed by atoms with Crippen molar-refractivity contribution in [2.24, 2.45) is 0 Å². The highest BCUT2D eigenvalue weighted by atomic mass is 32.2.